The van der Waals surface area contributed by atoms with Crippen LogP contribution in [0.15, 0.2) is 11.0 Å². The Morgan fingerprint density at radius 3 is 2.70 bits per heavy atom. The van der Waals surface area contributed by atoms with Gasteiger partial charge in [0, 0.05) is 12.0 Å². The quantitative estimate of drug-likeness (QED) is 0.542. The Bertz CT molecular complexity index is 161. The average molecular weight is 156 g/mol. The second kappa shape index (κ2) is 3.81. The monoisotopic (exact) mass is 156 g/mol. The lowest BCUT2D eigenvalue weighted by molar-refractivity contribution is -0.116. The molecule has 0 heterocycles. The lowest BCUT2D eigenvalue weighted by Gasteiger charge is -2.11. The SMILES string of the molecule is CS/C=C1/CCCCC1=O. The topological polar surface area (TPSA) is 17.1 Å². The fraction of sp³-hybridized carbons (Fsp3) is 0.625. The first-order chi connectivity index (χ1) is 4.84. The number of Topliss-reactive ketones (excluding diaryl/α,β-unsaturated/α-hetero) is 1. The molecular formula is C8H12OS. The summed E-state index contributed by atoms with van der Waals surface area (Å²) in [7, 11) is 0. The normalized spacial score (nSPS) is 23.7. The van der Waals surface area contributed by atoms with Crippen molar-refractivity contribution in [3.8, 4) is 0 Å². The molecule has 1 aliphatic carbocycles. The minimum Gasteiger partial charge on any atom is -0.295 e. The first-order valence-electron chi connectivity index (χ1n) is 3.59. The number of ketones is 1. The highest BCUT2D eigenvalue weighted by Gasteiger charge is 2.13. The summed E-state index contributed by atoms with van der Waals surface area (Å²) in [6.45, 7) is 0. The van der Waals surface area contributed by atoms with Gasteiger partial charge < -0.3 is 0 Å². The van der Waals surface area contributed by atoms with Crippen LogP contribution < -0.4 is 0 Å². The molecule has 1 aliphatic rings. The Morgan fingerprint density at radius 2 is 2.10 bits per heavy atom. The third-order valence-electron chi connectivity index (χ3n) is 1.72. The van der Waals surface area contributed by atoms with E-state index in [1.807, 2.05) is 11.7 Å². The molecule has 0 radical (unpaired) electrons. The van der Waals surface area contributed by atoms with Crippen molar-refractivity contribution in [2.45, 2.75) is 25.7 Å². The highest BCUT2D eigenvalue weighted by Crippen LogP contribution is 2.21. The smallest absolute Gasteiger partial charge is 0.159 e. The maximum Gasteiger partial charge on any atom is 0.159 e. The third kappa shape index (κ3) is 1.87. The molecule has 0 amide bonds. The van der Waals surface area contributed by atoms with Crippen LogP contribution in [0.3, 0.4) is 0 Å². The van der Waals surface area contributed by atoms with E-state index in [0.717, 1.165) is 24.8 Å². The van der Waals surface area contributed by atoms with Crippen LogP contribution in [0.25, 0.3) is 0 Å². The van der Waals surface area contributed by atoms with Crippen LogP contribution in [-0.2, 0) is 4.79 Å². The molecule has 1 rings (SSSR count). The van der Waals surface area contributed by atoms with E-state index < -0.39 is 0 Å². The Hall–Kier alpha value is -0.240. The molecule has 0 spiro atoms. The maximum absolute atomic E-state index is 11.1. The zero-order valence-electron chi connectivity index (χ0n) is 6.22. The molecular weight excluding hydrogens is 144 g/mol. The predicted octanol–water partition coefficient (Wildman–Crippen LogP) is 2.38. The number of thioether (sulfide) groups is 1. The van der Waals surface area contributed by atoms with E-state index in [1.165, 1.54) is 6.42 Å². The van der Waals surface area contributed by atoms with Gasteiger partial charge in [-0.15, -0.1) is 11.8 Å². The summed E-state index contributed by atoms with van der Waals surface area (Å²) in [6.07, 6.45) is 6.05. The predicted molar refractivity (Wildman–Crippen MR) is 45.1 cm³/mol. The molecule has 1 saturated carbocycles. The molecule has 0 aliphatic heterocycles. The van der Waals surface area contributed by atoms with Gasteiger partial charge in [0.15, 0.2) is 5.78 Å². The van der Waals surface area contributed by atoms with Crippen LogP contribution in [-0.4, -0.2) is 12.0 Å². The maximum atomic E-state index is 11.1. The molecule has 0 aromatic heterocycles. The number of hydrogen-bond donors (Lipinski definition) is 0. The van der Waals surface area contributed by atoms with Gasteiger partial charge in [-0.05, 0) is 30.9 Å². The molecule has 0 atom stereocenters. The Balaban J connectivity index is 2.56. The molecule has 56 valence electrons. The number of carbonyl (C=O) groups is 1. The van der Waals surface area contributed by atoms with Crippen molar-refractivity contribution in [1.82, 2.24) is 0 Å². The van der Waals surface area contributed by atoms with Gasteiger partial charge in [0.25, 0.3) is 0 Å². The van der Waals surface area contributed by atoms with Gasteiger partial charge in [0.2, 0.25) is 0 Å². The summed E-state index contributed by atoms with van der Waals surface area (Å²) in [5.74, 6) is 0.362. The fourth-order valence-electron chi connectivity index (χ4n) is 1.17. The summed E-state index contributed by atoms with van der Waals surface area (Å²) < 4.78 is 0. The molecule has 1 fully saturated rings. The van der Waals surface area contributed by atoms with Crippen molar-refractivity contribution < 1.29 is 4.79 Å². The summed E-state index contributed by atoms with van der Waals surface area (Å²) >= 11 is 1.63. The summed E-state index contributed by atoms with van der Waals surface area (Å²) in [5, 5.41) is 1.99. The Kier molecular flexibility index (Phi) is 3.00. The Labute approximate surface area is 65.9 Å². The van der Waals surface area contributed by atoms with Gasteiger partial charge in [-0.3, -0.25) is 4.79 Å². The molecule has 2 heteroatoms. The summed E-state index contributed by atoms with van der Waals surface area (Å²) in [5.41, 5.74) is 1.04. The number of rotatable bonds is 1. The van der Waals surface area contributed by atoms with E-state index in [-0.39, 0.29) is 0 Å². The van der Waals surface area contributed by atoms with Gasteiger partial charge in [-0.1, -0.05) is 0 Å². The molecule has 0 bridgehead atoms. The van der Waals surface area contributed by atoms with Crippen LogP contribution >= 0.6 is 11.8 Å². The molecule has 0 unspecified atom stereocenters. The molecule has 1 nitrogen and oxygen atoms in total. The van der Waals surface area contributed by atoms with Crippen molar-refractivity contribution in [1.29, 1.82) is 0 Å². The largest absolute Gasteiger partial charge is 0.295 e. The summed E-state index contributed by atoms with van der Waals surface area (Å²) in [4.78, 5) is 11.1. The third-order valence-corrected chi connectivity index (χ3v) is 2.24. The van der Waals surface area contributed by atoms with Crippen molar-refractivity contribution in [3.63, 3.8) is 0 Å². The first kappa shape index (κ1) is 7.86. The molecule has 0 saturated heterocycles. The van der Waals surface area contributed by atoms with Crippen LogP contribution in [0, 0.1) is 0 Å². The molecule has 0 aromatic rings. The average Bonchev–Trinajstić information content (AvgIpc) is 1.94. The number of hydrogen-bond acceptors (Lipinski definition) is 2. The summed E-state index contributed by atoms with van der Waals surface area (Å²) in [6, 6.07) is 0. The fourth-order valence-corrected chi connectivity index (χ4v) is 1.70. The second-order valence-corrected chi connectivity index (χ2v) is 3.22. The molecule has 0 aromatic carbocycles. The second-order valence-electron chi connectivity index (χ2n) is 2.51. The molecule has 0 N–H and O–H groups in total. The van der Waals surface area contributed by atoms with E-state index >= 15 is 0 Å². The lowest BCUT2D eigenvalue weighted by atomic mass is 9.95. The van der Waals surface area contributed by atoms with Gasteiger partial charge in [-0.25, -0.2) is 0 Å². The van der Waals surface area contributed by atoms with Crippen molar-refractivity contribution >= 4 is 17.5 Å². The zero-order valence-corrected chi connectivity index (χ0v) is 7.04. The van der Waals surface area contributed by atoms with Crippen LogP contribution in [0.4, 0.5) is 0 Å². The number of allylic oxidation sites excluding steroid dienone is 1. The highest BCUT2D eigenvalue weighted by molar-refractivity contribution is 8.01. The lowest BCUT2D eigenvalue weighted by Crippen LogP contribution is -2.07. The Morgan fingerprint density at radius 1 is 1.40 bits per heavy atom. The van der Waals surface area contributed by atoms with E-state index in [2.05, 4.69) is 0 Å². The number of carbonyl (C=O) groups excluding carboxylic acids is 1. The van der Waals surface area contributed by atoms with Crippen molar-refractivity contribution in [2.24, 2.45) is 0 Å². The van der Waals surface area contributed by atoms with Gasteiger partial charge in [0.1, 0.15) is 0 Å². The minimum atomic E-state index is 0.362. The van der Waals surface area contributed by atoms with E-state index in [9.17, 15) is 4.79 Å². The van der Waals surface area contributed by atoms with Crippen molar-refractivity contribution in [2.75, 3.05) is 6.26 Å². The van der Waals surface area contributed by atoms with E-state index in [1.54, 1.807) is 11.8 Å². The van der Waals surface area contributed by atoms with Gasteiger partial charge in [0.05, 0.1) is 0 Å². The van der Waals surface area contributed by atoms with Crippen molar-refractivity contribution in [3.05, 3.63) is 11.0 Å². The van der Waals surface area contributed by atoms with Crippen LogP contribution in [0.1, 0.15) is 25.7 Å². The van der Waals surface area contributed by atoms with Gasteiger partial charge in [-0.2, -0.15) is 0 Å². The molecule has 10 heavy (non-hydrogen) atoms. The van der Waals surface area contributed by atoms with Gasteiger partial charge >= 0.3 is 0 Å². The van der Waals surface area contributed by atoms with E-state index in [4.69, 9.17) is 0 Å². The standard InChI is InChI=1S/C8H12OS/c1-10-6-7-4-2-3-5-8(7)9/h6H,2-5H2,1H3/b7-6-. The van der Waals surface area contributed by atoms with E-state index in [0.29, 0.717) is 5.78 Å². The van der Waals surface area contributed by atoms with Crippen LogP contribution in [0.5, 0.6) is 0 Å². The zero-order chi connectivity index (χ0) is 7.40. The first-order valence-corrected chi connectivity index (χ1v) is 4.88. The van der Waals surface area contributed by atoms with Crippen LogP contribution in [0.2, 0.25) is 0 Å². The minimum absolute atomic E-state index is 0.362. The highest BCUT2D eigenvalue weighted by atomic mass is 32.2.